The van der Waals surface area contributed by atoms with E-state index in [-0.39, 0.29) is 6.54 Å². The second-order valence-corrected chi connectivity index (χ2v) is 6.26. The number of nitrogens with zero attached hydrogens (tertiary/aromatic N) is 1. The largest absolute Gasteiger partial charge is 0.480 e. The van der Waals surface area contributed by atoms with Crippen LogP contribution in [-0.2, 0) is 15.0 Å². The van der Waals surface area contributed by atoms with E-state index >= 15 is 0 Å². The lowest BCUT2D eigenvalue weighted by atomic mass is 10.1. The van der Waals surface area contributed by atoms with Gasteiger partial charge in [-0.1, -0.05) is 6.92 Å². The molecule has 2 N–H and O–H groups in total. The molecule has 6 nitrogen and oxygen atoms in total. The fraction of sp³-hybridized carbons (Fsp3) is 0.889. The smallest absolute Gasteiger partial charge is 0.318 e. The van der Waals surface area contributed by atoms with E-state index in [1.165, 1.54) is 0 Å². The van der Waals surface area contributed by atoms with Crippen LogP contribution in [0.2, 0.25) is 0 Å². The molecule has 0 radical (unpaired) electrons. The summed E-state index contributed by atoms with van der Waals surface area (Å²) in [7, 11) is -3.73. The van der Waals surface area contributed by atoms with Crippen molar-refractivity contribution in [3.05, 3.63) is 0 Å². The van der Waals surface area contributed by atoms with Crippen molar-refractivity contribution in [1.29, 1.82) is 0 Å². The van der Waals surface area contributed by atoms with E-state index in [0.29, 0.717) is 6.42 Å². The molecule has 16 heavy (non-hydrogen) atoms. The molecule has 0 amide bonds. The first-order valence-electron chi connectivity index (χ1n) is 5.09. The quantitative estimate of drug-likeness (QED) is 0.717. The molecular formula is C9H20N2O4S. The van der Waals surface area contributed by atoms with Gasteiger partial charge in [-0.15, -0.1) is 0 Å². The summed E-state index contributed by atoms with van der Waals surface area (Å²) >= 11 is 0. The molecule has 0 aliphatic heterocycles. The van der Waals surface area contributed by atoms with Crippen LogP contribution in [0.1, 0.15) is 34.1 Å². The monoisotopic (exact) mass is 252 g/mol. The van der Waals surface area contributed by atoms with E-state index in [2.05, 4.69) is 4.72 Å². The minimum absolute atomic E-state index is 0.192. The molecule has 0 atom stereocenters. The van der Waals surface area contributed by atoms with Crippen molar-refractivity contribution in [3.63, 3.8) is 0 Å². The number of carboxylic acid groups (broad SMARTS) is 1. The van der Waals surface area contributed by atoms with Crippen LogP contribution in [-0.4, -0.2) is 42.4 Å². The lowest BCUT2D eigenvalue weighted by Crippen LogP contribution is -2.50. The molecule has 0 spiro atoms. The molecule has 0 saturated heterocycles. The van der Waals surface area contributed by atoms with Gasteiger partial charge >= 0.3 is 5.97 Å². The van der Waals surface area contributed by atoms with E-state index in [0.717, 1.165) is 4.31 Å². The number of hydrogen-bond donors (Lipinski definition) is 2. The van der Waals surface area contributed by atoms with Gasteiger partial charge in [0, 0.05) is 12.1 Å². The van der Waals surface area contributed by atoms with Crippen molar-refractivity contribution < 1.29 is 18.3 Å². The average Bonchev–Trinajstić information content (AvgIpc) is 1.97. The van der Waals surface area contributed by atoms with Gasteiger partial charge in [0.2, 0.25) is 0 Å². The Labute approximate surface area is 96.8 Å². The molecular weight excluding hydrogens is 232 g/mol. The van der Waals surface area contributed by atoms with Crippen molar-refractivity contribution in [2.75, 3.05) is 13.1 Å². The molecule has 0 aromatic carbocycles. The van der Waals surface area contributed by atoms with Crippen LogP contribution in [0.3, 0.4) is 0 Å². The van der Waals surface area contributed by atoms with Gasteiger partial charge in [0.25, 0.3) is 10.2 Å². The van der Waals surface area contributed by atoms with Gasteiger partial charge in [0.15, 0.2) is 0 Å². The molecule has 0 heterocycles. The van der Waals surface area contributed by atoms with E-state index < -0.39 is 28.3 Å². The topological polar surface area (TPSA) is 86.7 Å². The normalized spacial score (nSPS) is 13.1. The molecule has 7 heteroatoms. The van der Waals surface area contributed by atoms with Gasteiger partial charge in [-0.3, -0.25) is 4.79 Å². The Hall–Kier alpha value is -0.660. The Morgan fingerprint density at radius 2 is 1.88 bits per heavy atom. The SMILES string of the molecule is CCCN(CC(=O)O)S(=O)(=O)NC(C)(C)C. The fourth-order valence-electron chi connectivity index (χ4n) is 1.14. The lowest BCUT2D eigenvalue weighted by Gasteiger charge is -2.26. The van der Waals surface area contributed by atoms with Crippen LogP contribution in [0, 0.1) is 0 Å². The van der Waals surface area contributed by atoms with Crippen LogP contribution < -0.4 is 4.72 Å². The lowest BCUT2D eigenvalue weighted by molar-refractivity contribution is -0.137. The summed E-state index contributed by atoms with van der Waals surface area (Å²) in [5.74, 6) is -1.16. The van der Waals surface area contributed by atoms with E-state index in [9.17, 15) is 13.2 Å². The second-order valence-electron chi connectivity index (χ2n) is 4.58. The minimum atomic E-state index is -3.73. The highest BCUT2D eigenvalue weighted by Crippen LogP contribution is 2.07. The Morgan fingerprint density at radius 3 is 2.19 bits per heavy atom. The van der Waals surface area contributed by atoms with Crippen molar-refractivity contribution >= 4 is 16.2 Å². The first kappa shape index (κ1) is 15.3. The fourth-order valence-corrected chi connectivity index (χ4v) is 2.74. The summed E-state index contributed by atoms with van der Waals surface area (Å²) in [6.45, 7) is 6.58. The Bertz CT molecular complexity index is 332. The maximum Gasteiger partial charge on any atom is 0.318 e. The summed E-state index contributed by atoms with van der Waals surface area (Å²) in [5, 5.41) is 8.64. The number of aliphatic carboxylic acids is 1. The molecule has 0 aliphatic rings. The maximum atomic E-state index is 11.8. The summed E-state index contributed by atoms with van der Waals surface area (Å²) in [6, 6.07) is 0. The van der Waals surface area contributed by atoms with Gasteiger partial charge in [-0.05, 0) is 27.2 Å². The molecule has 0 aliphatic carbocycles. The third-order valence-corrected chi connectivity index (χ3v) is 3.42. The zero-order valence-electron chi connectivity index (χ0n) is 10.1. The minimum Gasteiger partial charge on any atom is -0.480 e. The highest BCUT2D eigenvalue weighted by Gasteiger charge is 2.27. The number of carboxylic acids is 1. The van der Waals surface area contributed by atoms with E-state index in [4.69, 9.17) is 5.11 Å². The third-order valence-electron chi connectivity index (χ3n) is 1.56. The van der Waals surface area contributed by atoms with Crippen molar-refractivity contribution in [2.24, 2.45) is 0 Å². The van der Waals surface area contributed by atoms with Crippen LogP contribution in [0.5, 0.6) is 0 Å². The Morgan fingerprint density at radius 1 is 1.38 bits per heavy atom. The molecule has 0 unspecified atom stereocenters. The van der Waals surface area contributed by atoms with Crippen LogP contribution in [0.15, 0.2) is 0 Å². The van der Waals surface area contributed by atoms with Gasteiger partial charge in [-0.2, -0.15) is 17.4 Å². The molecule has 0 saturated carbocycles. The van der Waals surface area contributed by atoms with Crippen LogP contribution in [0.25, 0.3) is 0 Å². The molecule has 0 bridgehead atoms. The first-order chi connectivity index (χ1) is 7.08. The van der Waals surface area contributed by atoms with Crippen molar-refractivity contribution in [3.8, 4) is 0 Å². The number of nitrogens with one attached hydrogen (secondary N) is 1. The Kier molecular flexibility index (Phi) is 5.37. The highest BCUT2D eigenvalue weighted by atomic mass is 32.2. The Balaban J connectivity index is 4.83. The van der Waals surface area contributed by atoms with Crippen LogP contribution in [0.4, 0.5) is 0 Å². The van der Waals surface area contributed by atoms with Crippen molar-refractivity contribution in [2.45, 2.75) is 39.7 Å². The summed E-state index contributed by atoms with van der Waals surface area (Å²) in [5.41, 5.74) is -0.622. The van der Waals surface area contributed by atoms with E-state index in [1.54, 1.807) is 27.7 Å². The van der Waals surface area contributed by atoms with Crippen molar-refractivity contribution in [1.82, 2.24) is 9.03 Å². The van der Waals surface area contributed by atoms with Crippen LogP contribution >= 0.6 is 0 Å². The predicted molar refractivity (Wildman–Crippen MR) is 61.3 cm³/mol. The van der Waals surface area contributed by atoms with Gasteiger partial charge in [0.05, 0.1) is 0 Å². The predicted octanol–water partition coefficient (Wildman–Crippen LogP) is 0.416. The zero-order chi connectivity index (χ0) is 13.0. The summed E-state index contributed by atoms with van der Waals surface area (Å²) in [6.07, 6.45) is 0.568. The average molecular weight is 252 g/mol. The molecule has 96 valence electrons. The standard InChI is InChI=1S/C9H20N2O4S/c1-5-6-11(7-8(12)13)16(14,15)10-9(2,3)4/h10H,5-7H2,1-4H3,(H,12,13). The zero-order valence-corrected chi connectivity index (χ0v) is 11.0. The molecule has 0 rings (SSSR count). The molecule has 0 fully saturated rings. The molecule has 0 aromatic rings. The number of hydrogen-bond acceptors (Lipinski definition) is 3. The first-order valence-corrected chi connectivity index (χ1v) is 6.53. The third kappa shape index (κ3) is 6.04. The second kappa shape index (κ2) is 5.60. The van der Waals surface area contributed by atoms with Gasteiger partial charge in [0.1, 0.15) is 6.54 Å². The summed E-state index contributed by atoms with van der Waals surface area (Å²) < 4.78 is 27.0. The summed E-state index contributed by atoms with van der Waals surface area (Å²) in [4.78, 5) is 10.6. The van der Waals surface area contributed by atoms with Gasteiger partial charge < -0.3 is 5.11 Å². The number of rotatable bonds is 6. The number of carbonyl (C=O) groups is 1. The van der Waals surface area contributed by atoms with E-state index in [1.807, 2.05) is 0 Å². The maximum absolute atomic E-state index is 11.8. The molecule has 0 aromatic heterocycles. The van der Waals surface area contributed by atoms with Gasteiger partial charge in [-0.25, -0.2) is 0 Å². The highest BCUT2D eigenvalue weighted by molar-refractivity contribution is 7.87.